The van der Waals surface area contributed by atoms with Crippen LogP contribution in [0.4, 0.5) is 5.69 Å². The number of nitrogens with one attached hydrogen (secondary N) is 2. The molecule has 0 aliphatic carbocycles. The van der Waals surface area contributed by atoms with Gasteiger partial charge < -0.3 is 25.0 Å². The zero-order chi connectivity index (χ0) is 19.2. The highest BCUT2D eigenvalue weighted by Crippen LogP contribution is 2.20. The van der Waals surface area contributed by atoms with Crippen LogP contribution in [0.2, 0.25) is 0 Å². The minimum Gasteiger partial charge on any atom is -0.382 e. The van der Waals surface area contributed by atoms with Crippen LogP contribution in [0.25, 0.3) is 0 Å². The fourth-order valence-corrected chi connectivity index (χ4v) is 3.67. The third-order valence-corrected chi connectivity index (χ3v) is 5.21. The van der Waals surface area contributed by atoms with Crippen molar-refractivity contribution in [2.75, 3.05) is 69.5 Å². The Morgan fingerprint density at radius 1 is 1.11 bits per heavy atom. The predicted molar refractivity (Wildman–Crippen MR) is 132 cm³/mol. The van der Waals surface area contributed by atoms with E-state index in [1.54, 1.807) is 7.11 Å². The van der Waals surface area contributed by atoms with Crippen molar-refractivity contribution < 1.29 is 9.47 Å². The molecular weight excluding hydrogens is 487 g/mol. The van der Waals surface area contributed by atoms with Gasteiger partial charge in [0.2, 0.25) is 0 Å². The van der Waals surface area contributed by atoms with Gasteiger partial charge in [-0.15, -0.1) is 24.0 Å². The number of thioether (sulfide) groups is 1. The number of anilines is 1. The average Bonchev–Trinajstić information content (AvgIpc) is 2.72. The number of benzene rings is 1. The summed E-state index contributed by atoms with van der Waals surface area (Å²) in [5.41, 5.74) is 2.55. The maximum atomic E-state index is 5.48. The van der Waals surface area contributed by atoms with Crippen molar-refractivity contribution in [3.63, 3.8) is 0 Å². The van der Waals surface area contributed by atoms with Crippen molar-refractivity contribution in [1.29, 1.82) is 0 Å². The largest absolute Gasteiger partial charge is 0.382 e. The van der Waals surface area contributed by atoms with Gasteiger partial charge in [0.15, 0.2) is 5.96 Å². The lowest BCUT2D eigenvalue weighted by molar-refractivity contribution is 0.0698. The number of rotatable bonds is 11. The van der Waals surface area contributed by atoms with Gasteiger partial charge in [-0.05, 0) is 31.0 Å². The third kappa shape index (κ3) is 10.2. The van der Waals surface area contributed by atoms with Gasteiger partial charge in [-0.3, -0.25) is 0 Å². The molecule has 1 aromatic rings. The number of ether oxygens (including phenoxy) is 2. The molecule has 0 bridgehead atoms. The van der Waals surface area contributed by atoms with Crippen LogP contribution in [-0.2, 0) is 16.0 Å². The summed E-state index contributed by atoms with van der Waals surface area (Å²) in [6.45, 7) is 8.76. The second-order valence-corrected chi connectivity index (χ2v) is 7.57. The van der Waals surface area contributed by atoms with Crippen molar-refractivity contribution in [3.05, 3.63) is 29.8 Å². The van der Waals surface area contributed by atoms with Crippen molar-refractivity contribution in [2.45, 2.75) is 19.9 Å². The normalized spacial score (nSPS) is 14.5. The molecule has 1 aliphatic rings. The van der Waals surface area contributed by atoms with Gasteiger partial charge in [0.25, 0.3) is 0 Å². The predicted octanol–water partition coefficient (Wildman–Crippen LogP) is 2.97. The molecule has 6 nitrogen and oxygen atoms in total. The van der Waals surface area contributed by atoms with E-state index >= 15 is 0 Å². The van der Waals surface area contributed by atoms with Crippen molar-refractivity contribution >= 4 is 47.4 Å². The molecule has 0 atom stereocenters. The Hall–Kier alpha value is -0.710. The highest BCUT2D eigenvalue weighted by molar-refractivity contribution is 14.0. The Morgan fingerprint density at radius 3 is 2.54 bits per heavy atom. The maximum Gasteiger partial charge on any atom is 0.191 e. The Kier molecular flexibility index (Phi) is 14.6. The summed E-state index contributed by atoms with van der Waals surface area (Å²) in [5, 5.41) is 6.66. The minimum atomic E-state index is 0. The van der Waals surface area contributed by atoms with E-state index < -0.39 is 0 Å². The van der Waals surface area contributed by atoms with E-state index in [1.165, 1.54) is 22.8 Å². The van der Waals surface area contributed by atoms with Crippen LogP contribution >= 0.6 is 35.7 Å². The molecular formula is C20H35IN4O2S. The third-order valence-electron chi connectivity index (χ3n) is 4.27. The first-order valence-electron chi connectivity index (χ1n) is 9.84. The molecule has 1 saturated heterocycles. The Morgan fingerprint density at radius 2 is 1.86 bits per heavy atom. The number of hydrogen-bond donors (Lipinski definition) is 2. The molecule has 0 radical (unpaired) electrons. The van der Waals surface area contributed by atoms with Gasteiger partial charge in [0.05, 0.1) is 19.8 Å². The smallest absolute Gasteiger partial charge is 0.191 e. The number of methoxy groups -OCH3 is 1. The molecule has 8 heteroatoms. The molecule has 1 fully saturated rings. The first kappa shape index (κ1) is 25.3. The molecule has 1 heterocycles. The highest BCUT2D eigenvalue weighted by Gasteiger charge is 2.10. The topological polar surface area (TPSA) is 58.1 Å². The zero-order valence-corrected chi connectivity index (χ0v) is 20.3. The highest BCUT2D eigenvalue weighted by atomic mass is 127. The van der Waals surface area contributed by atoms with Gasteiger partial charge in [-0.2, -0.15) is 11.8 Å². The lowest BCUT2D eigenvalue weighted by Gasteiger charge is -2.28. The molecule has 1 aliphatic heterocycles. The van der Waals surface area contributed by atoms with Gasteiger partial charge in [0.1, 0.15) is 0 Å². The van der Waals surface area contributed by atoms with Crippen molar-refractivity contribution in [3.8, 4) is 0 Å². The monoisotopic (exact) mass is 522 g/mol. The van der Waals surface area contributed by atoms with Gasteiger partial charge in [-0.1, -0.05) is 12.1 Å². The number of hydrogen-bond acceptors (Lipinski definition) is 5. The summed E-state index contributed by atoms with van der Waals surface area (Å²) < 4.78 is 10.4. The second-order valence-electron chi connectivity index (χ2n) is 6.35. The first-order chi connectivity index (χ1) is 13.3. The zero-order valence-electron chi connectivity index (χ0n) is 17.1. The van der Waals surface area contributed by atoms with E-state index in [0.29, 0.717) is 19.8 Å². The van der Waals surface area contributed by atoms with Crippen LogP contribution in [0.15, 0.2) is 29.3 Å². The molecule has 2 rings (SSSR count). The second kappa shape index (κ2) is 16.1. The van der Waals surface area contributed by atoms with E-state index in [4.69, 9.17) is 9.47 Å². The van der Waals surface area contributed by atoms with E-state index in [1.807, 2.05) is 11.8 Å². The molecule has 1 aromatic carbocycles. The van der Waals surface area contributed by atoms with Crippen LogP contribution in [-0.4, -0.2) is 70.6 Å². The standard InChI is InChI=1S/C20H34N4O2S.HI/c1-3-21-20(22-9-4-12-26-14-13-25-2)23-17-18-5-7-19(8-6-18)24-10-15-27-16-11-24;/h5-8H,3-4,9-17H2,1-2H3,(H2,21,22,23);1H. The Balaban J connectivity index is 0.00000392. The SMILES string of the molecule is CCNC(=NCc1ccc(N2CCSCC2)cc1)NCCCOCCOC.I. The van der Waals surface area contributed by atoms with Crippen LogP contribution in [0.3, 0.4) is 0 Å². The van der Waals surface area contributed by atoms with E-state index in [9.17, 15) is 0 Å². The molecule has 28 heavy (non-hydrogen) atoms. The average molecular weight is 522 g/mol. The van der Waals surface area contributed by atoms with Crippen LogP contribution in [0, 0.1) is 0 Å². The van der Waals surface area contributed by atoms with Crippen LogP contribution in [0.5, 0.6) is 0 Å². The van der Waals surface area contributed by atoms with E-state index in [0.717, 1.165) is 45.2 Å². The summed E-state index contributed by atoms with van der Waals surface area (Å²) in [7, 11) is 1.68. The molecule has 0 amide bonds. The number of aliphatic imine (C=N–C) groups is 1. The van der Waals surface area contributed by atoms with Crippen LogP contribution < -0.4 is 15.5 Å². The minimum absolute atomic E-state index is 0. The maximum absolute atomic E-state index is 5.48. The van der Waals surface area contributed by atoms with Crippen LogP contribution in [0.1, 0.15) is 18.9 Å². The fourth-order valence-electron chi connectivity index (χ4n) is 2.77. The van der Waals surface area contributed by atoms with Gasteiger partial charge in [-0.25, -0.2) is 4.99 Å². The van der Waals surface area contributed by atoms with Gasteiger partial charge >= 0.3 is 0 Å². The molecule has 0 spiro atoms. The summed E-state index contributed by atoms with van der Waals surface area (Å²) in [6, 6.07) is 8.82. The number of guanidine groups is 1. The molecule has 0 aromatic heterocycles. The van der Waals surface area contributed by atoms with Crippen molar-refractivity contribution in [2.24, 2.45) is 4.99 Å². The summed E-state index contributed by atoms with van der Waals surface area (Å²) in [4.78, 5) is 7.15. The summed E-state index contributed by atoms with van der Waals surface area (Å²) >= 11 is 2.04. The number of nitrogens with zero attached hydrogens (tertiary/aromatic N) is 2. The fraction of sp³-hybridized carbons (Fsp3) is 0.650. The summed E-state index contributed by atoms with van der Waals surface area (Å²) in [5.74, 6) is 3.30. The Bertz CT molecular complexity index is 540. The van der Waals surface area contributed by atoms with E-state index in [2.05, 4.69) is 51.7 Å². The quantitative estimate of drug-likeness (QED) is 0.202. The molecule has 0 saturated carbocycles. The summed E-state index contributed by atoms with van der Waals surface area (Å²) in [6.07, 6.45) is 0.941. The first-order valence-corrected chi connectivity index (χ1v) is 11.0. The molecule has 160 valence electrons. The Labute approximate surface area is 191 Å². The lowest BCUT2D eigenvalue weighted by atomic mass is 10.2. The van der Waals surface area contributed by atoms with Crippen molar-refractivity contribution in [1.82, 2.24) is 10.6 Å². The number of halogens is 1. The molecule has 0 unspecified atom stereocenters. The van der Waals surface area contributed by atoms with E-state index in [-0.39, 0.29) is 24.0 Å². The lowest BCUT2D eigenvalue weighted by Crippen LogP contribution is -2.38. The molecule has 2 N–H and O–H groups in total. The van der Waals surface area contributed by atoms with Gasteiger partial charge in [0, 0.05) is 57.1 Å².